The van der Waals surface area contributed by atoms with E-state index < -0.39 is 0 Å². The number of nitrogens with one attached hydrogen (secondary N) is 1. The van der Waals surface area contributed by atoms with Crippen molar-refractivity contribution in [2.45, 2.75) is 26.2 Å². The molecule has 1 aliphatic rings. The van der Waals surface area contributed by atoms with E-state index in [4.69, 9.17) is 0 Å². The van der Waals surface area contributed by atoms with Crippen LogP contribution in [0, 0.1) is 10.5 Å². The van der Waals surface area contributed by atoms with Gasteiger partial charge in [0.1, 0.15) is 0 Å². The zero-order valence-corrected chi connectivity index (χ0v) is 14.0. The molecule has 0 spiro atoms. The molecule has 0 saturated carbocycles. The minimum atomic E-state index is -0.123. The Balaban J connectivity index is 1.81. The van der Waals surface area contributed by atoms with Crippen LogP contribution in [0.5, 0.6) is 0 Å². The van der Waals surface area contributed by atoms with E-state index in [1.165, 1.54) is 4.90 Å². The van der Waals surface area contributed by atoms with Crippen LogP contribution < -0.4 is 5.32 Å². The van der Waals surface area contributed by atoms with Crippen molar-refractivity contribution >= 4 is 40.3 Å². The molecular weight excluding hydrogens is 383 g/mol. The lowest BCUT2D eigenvalue weighted by molar-refractivity contribution is -0.138. The monoisotopic (exact) mass is 400 g/mol. The van der Waals surface area contributed by atoms with E-state index in [0.717, 1.165) is 9.13 Å². The van der Waals surface area contributed by atoms with Gasteiger partial charge in [0.15, 0.2) is 0 Å². The highest BCUT2D eigenvalue weighted by Crippen LogP contribution is 2.16. The number of imide groups is 1. The first kappa shape index (κ1) is 15.9. The molecule has 1 aromatic carbocycles. The van der Waals surface area contributed by atoms with E-state index in [2.05, 4.69) is 27.9 Å². The maximum absolute atomic E-state index is 12.1. The van der Waals surface area contributed by atoms with Gasteiger partial charge in [0, 0.05) is 29.5 Å². The lowest BCUT2D eigenvalue weighted by Crippen LogP contribution is -2.33. The van der Waals surface area contributed by atoms with Crippen molar-refractivity contribution in [2.24, 2.45) is 0 Å². The van der Waals surface area contributed by atoms with E-state index >= 15 is 0 Å². The minimum Gasteiger partial charge on any atom is -0.352 e. The molecular formula is C15H17IN2O3. The van der Waals surface area contributed by atoms with E-state index in [9.17, 15) is 14.4 Å². The first-order chi connectivity index (χ1) is 10.0. The maximum atomic E-state index is 12.1. The molecule has 112 valence electrons. The number of likely N-dealkylation sites (tertiary alicyclic amines) is 1. The normalized spacial score (nSPS) is 14.7. The summed E-state index contributed by atoms with van der Waals surface area (Å²) in [7, 11) is 0. The molecule has 1 saturated heterocycles. The number of rotatable bonds is 5. The molecule has 0 atom stereocenters. The highest BCUT2D eigenvalue weighted by Gasteiger charge is 2.27. The van der Waals surface area contributed by atoms with Crippen molar-refractivity contribution in [3.05, 3.63) is 32.9 Å². The van der Waals surface area contributed by atoms with E-state index in [0.29, 0.717) is 37.9 Å². The third kappa shape index (κ3) is 3.81. The standard InChI is InChI=1S/C15H17IN2O3/c1-10-4-2-5-11(14(10)16)15(21)17-8-3-9-18-12(19)6-7-13(18)20/h2,4-5H,3,6-9H2,1H3,(H,17,21). The summed E-state index contributed by atoms with van der Waals surface area (Å²) in [6.07, 6.45) is 1.20. The van der Waals surface area contributed by atoms with Gasteiger partial charge in [-0.3, -0.25) is 19.3 Å². The first-order valence-corrected chi connectivity index (χ1v) is 7.95. The van der Waals surface area contributed by atoms with Crippen LogP contribution >= 0.6 is 22.6 Å². The second-order valence-corrected chi connectivity index (χ2v) is 6.06. The molecule has 6 heteroatoms. The molecule has 0 aromatic heterocycles. The Kier molecular flexibility index (Phi) is 5.33. The van der Waals surface area contributed by atoms with Crippen LogP contribution in [-0.2, 0) is 9.59 Å². The Morgan fingerprint density at radius 2 is 1.95 bits per heavy atom. The van der Waals surface area contributed by atoms with Gasteiger partial charge < -0.3 is 5.32 Å². The predicted octanol–water partition coefficient (Wildman–Crippen LogP) is 1.87. The quantitative estimate of drug-likeness (QED) is 0.466. The fourth-order valence-corrected chi connectivity index (χ4v) is 2.83. The van der Waals surface area contributed by atoms with Gasteiger partial charge in [0.05, 0.1) is 5.56 Å². The number of halogens is 1. The summed E-state index contributed by atoms with van der Waals surface area (Å²) in [5, 5.41) is 2.83. The lowest BCUT2D eigenvalue weighted by Gasteiger charge is -2.14. The summed E-state index contributed by atoms with van der Waals surface area (Å²) in [6.45, 7) is 2.78. The first-order valence-electron chi connectivity index (χ1n) is 6.87. The zero-order chi connectivity index (χ0) is 15.4. The van der Waals surface area contributed by atoms with E-state index in [1.54, 1.807) is 6.07 Å². The van der Waals surface area contributed by atoms with Gasteiger partial charge in [-0.15, -0.1) is 0 Å². The topological polar surface area (TPSA) is 66.5 Å². The number of hydrogen-bond donors (Lipinski definition) is 1. The number of carbonyl (C=O) groups excluding carboxylic acids is 3. The highest BCUT2D eigenvalue weighted by atomic mass is 127. The summed E-state index contributed by atoms with van der Waals surface area (Å²) >= 11 is 2.16. The van der Waals surface area contributed by atoms with Crippen molar-refractivity contribution in [2.75, 3.05) is 13.1 Å². The summed E-state index contributed by atoms with van der Waals surface area (Å²) in [6, 6.07) is 5.61. The van der Waals surface area contributed by atoms with Crippen molar-refractivity contribution in [3.8, 4) is 0 Å². The molecule has 2 rings (SSSR count). The SMILES string of the molecule is Cc1cccc(C(=O)NCCCN2C(=O)CCC2=O)c1I. The van der Waals surface area contributed by atoms with Crippen LogP contribution in [0.4, 0.5) is 0 Å². The molecule has 1 N–H and O–H groups in total. The summed E-state index contributed by atoms with van der Waals surface area (Å²) in [5.41, 5.74) is 1.72. The smallest absolute Gasteiger partial charge is 0.252 e. The zero-order valence-electron chi connectivity index (χ0n) is 11.8. The minimum absolute atomic E-state index is 0.112. The van der Waals surface area contributed by atoms with Gasteiger partial charge in [-0.1, -0.05) is 12.1 Å². The Labute approximate surface area is 137 Å². The molecule has 1 fully saturated rings. The van der Waals surface area contributed by atoms with E-state index in [-0.39, 0.29) is 17.7 Å². The Morgan fingerprint density at radius 1 is 1.29 bits per heavy atom. The van der Waals surface area contributed by atoms with Crippen LogP contribution in [0.3, 0.4) is 0 Å². The Hall–Kier alpha value is -1.44. The predicted molar refractivity (Wildman–Crippen MR) is 86.8 cm³/mol. The third-order valence-corrected chi connectivity index (χ3v) is 4.87. The molecule has 21 heavy (non-hydrogen) atoms. The van der Waals surface area contributed by atoms with Crippen molar-refractivity contribution in [3.63, 3.8) is 0 Å². The van der Waals surface area contributed by atoms with Gasteiger partial charge in [-0.05, 0) is 47.6 Å². The molecule has 5 nitrogen and oxygen atoms in total. The van der Waals surface area contributed by atoms with Crippen molar-refractivity contribution in [1.82, 2.24) is 10.2 Å². The number of amides is 3. The van der Waals surface area contributed by atoms with Gasteiger partial charge in [0.2, 0.25) is 11.8 Å². The average Bonchev–Trinajstić information content (AvgIpc) is 2.77. The molecule has 1 heterocycles. The van der Waals surface area contributed by atoms with Gasteiger partial charge in [0.25, 0.3) is 5.91 Å². The lowest BCUT2D eigenvalue weighted by atomic mass is 10.1. The average molecular weight is 400 g/mol. The van der Waals surface area contributed by atoms with Crippen molar-refractivity contribution in [1.29, 1.82) is 0 Å². The Bertz CT molecular complexity index is 570. The van der Waals surface area contributed by atoms with Gasteiger partial charge in [-0.2, -0.15) is 0 Å². The molecule has 0 unspecified atom stereocenters. The van der Waals surface area contributed by atoms with Crippen LogP contribution in [0.2, 0.25) is 0 Å². The number of aryl methyl sites for hydroxylation is 1. The molecule has 0 aliphatic carbocycles. The van der Waals surface area contributed by atoms with Gasteiger partial charge in [-0.25, -0.2) is 0 Å². The summed E-state index contributed by atoms with van der Waals surface area (Å²) in [4.78, 5) is 36.2. The summed E-state index contributed by atoms with van der Waals surface area (Å²) in [5.74, 6) is -0.346. The molecule has 0 bridgehead atoms. The molecule has 1 aliphatic heterocycles. The van der Waals surface area contributed by atoms with Gasteiger partial charge >= 0.3 is 0 Å². The second-order valence-electron chi connectivity index (χ2n) is 4.99. The maximum Gasteiger partial charge on any atom is 0.252 e. The Morgan fingerprint density at radius 3 is 2.62 bits per heavy atom. The van der Waals surface area contributed by atoms with Crippen LogP contribution in [0.15, 0.2) is 18.2 Å². The molecule has 0 radical (unpaired) electrons. The van der Waals surface area contributed by atoms with Crippen LogP contribution in [-0.4, -0.2) is 35.7 Å². The van der Waals surface area contributed by atoms with Crippen LogP contribution in [0.25, 0.3) is 0 Å². The number of hydrogen-bond acceptors (Lipinski definition) is 3. The fraction of sp³-hybridized carbons (Fsp3) is 0.400. The van der Waals surface area contributed by atoms with Crippen LogP contribution in [0.1, 0.15) is 35.2 Å². The van der Waals surface area contributed by atoms with Crippen molar-refractivity contribution < 1.29 is 14.4 Å². The number of benzene rings is 1. The summed E-state index contributed by atoms with van der Waals surface area (Å²) < 4.78 is 0.942. The third-order valence-electron chi connectivity index (χ3n) is 3.44. The molecule has 3 amide bonds. The largest absolute Gasteiger partial charge is 0.352 e. The number of carbonyl (C=O) groups is 3. The van der Waals surface area contributed by atoms with E-state index in [1.807, 2.05) is 19.1 Å². The highest BCUT2D eigenvalue weighted by molar-refractivity contribution is 14.1. The number of nitrogens with zero attached hydrogens (tertiary/aromatic N) is 1. The fourth-order valence-electron chi connectivity index (χ4n) is 2.23. The molecule has 1 aromatic rings. The second kappa shape index (κ2) is 7.02.